The second-order valence-corrected chi connectivity index (χ2v) is 11.2. The lowest BCUT2D eigenvalue weighted by molar-refractivity contribution is -0.119. The van der Waals surface area contributed by atoms with E-state index in [0.717, 1.165) is 59.9 Å². The van der Waals surface area contributed by atoms with Gasteiger partial charge in [0.25, 0.3) is 0 Å². The Morgan fingerprint density at radius 2 is 1.79 bits per heavy atom. The van der Waals surface area contributed by atoms with Gasteiger partial charge in [0, 0.05) is 31.2 Å². The molecule has 4 N–H and O–H groups in total. The normalized spacial score (nSPS) is 11.9. The fraction of sp³-hybridized carbons (Fsp3) is 0.414. The summed E-state index contributed by atoms with van der Waals surface area (Å²) in [6, 6.07) is 11.6. The van der Waals surface area contributed by atoms with Crippen molar-refractivity contribution in [3.05, 3.63) is 58.9 Å². The van der Waals surface area contributed by atoms with Crippen molar-refractivity contribution in [2.75, 3.05) is 5.73 Å². The molecule has 0 aliphatic heterocycles. The van der Waals surface area contributed by atoms with Gasteiger partial charge in [0.15, 0.2) is 5.82 Å². The average Bonchev–Trinajstić information content (AvgIpc) is 3.25. The van der Waals surface area contributed by atoms with Gasteiger partial charge >= 0.3 is 7.82 Å². The van der Waals surface area contributed by atoms with Crippen LogP contribution in [0, 0.1) is 6.92 Å². The molecule has 0 aliphatic carbocycles. The van der Waals surface area contributed by atoms with E-state index in [1.165, 1.54) is 0 Å². The number of nitrogens with two attached hydrogens (primary N) is 1. The van der Waals surface area contributed by atoms with Crippen LogP contribution in [0.15, 0.2) is 36.4 Å². The number of fused-ring (bicyclic) bond motifs is 3. The van der Waals surface area contributed by atoms with Crippen LogP contribution in [0.1, 0.15) is 74.9 Å². The number of para-hydroxylation sites is 1. The van der Waals surface area contributed by atoms with Crippen LogP contribution < -0.4 is 10.3 Å². The topological polar surface area (TPSA) is 141 Å². The van der Waals surface area contributed by atoms with Gasteiger partial charge in [-0.25, -0.2) is 14.5 Å². The van der Waals surface area contributed by atoms with Crippen molar-refractivity contribution in [2.24, 2.45) is 0 Å². The van der Waals surface area contributed by atoms with Gasteiger partial charge in [0.05, 0.1) is 11.0 Å². The van der Waals surface area contributed by atoms with Gasteiger partial charge in [-0.3, -0.25) is 14.6 Å². The van der Waals surface area contributed by atoms with Crippen LogP contribution in [0.4, 0.5) is 5.82 Å². The Bertz CT molecular complexity index is 1540. The van der Waals surface area contributed by atoms with Crippen molar-refractivity contribution in [3.63, 3.8) is 0 Å². The summed E-state index contributed by atoms with van der Waals surface area (Å²) in [7, 11) is -4.79. The van der Waals surface area contributed by atoms with Gasteiger partial charge in [-0.1, -0.05) is 57.0 Å². The highest BCUT2D eigenvalue weighted by Crippen LogP contribution is 2.42. The number of pyridine rings is 1. The minimum Gasteiger partial charge on any atom is -0.404 e. The van der Waals surface area contributed by atoms with E-state index in [0.29, 0.717) is 41.8 Å². The smallest absolute Gasteiger partial charge is 0.404 e. The molecule has 0 saturated heterocycles. The van der Waals surface area contributed by atoms with Crippen molar-refractivity contribution in [3.8, 4) is 5.75 Å². The fourth-order valence-electron chi connectivity index (χ4n) is 5.01. The molecule has 208 valence electrons. The van der Waals surface area contributed by atoms with E-state index in [9.17, 15) is 19.1 Å². The van der Waals surface area contributed by atoms with Crippen LogP contribution in [0.2, 0.25) is 0 Å². The lowest BCUT2D eigenvalue weighted by atomic mass is 9.98. The molecule has 0 saturated carbocycles. The highest BCUT2D eigenvalue weighted by atomic mass is 31.2. The molecule has 39 heavy (non-hydrogen) atoms. The zero-order chi connectivity index (χ0) is 28.2. The second kappa shape index (κ2) is 12.3. The number of aryl methyl sites for hydroxylation is 3. The Labute approximate surface area is 228 Å². The lowest BCUT2D eigenvalue weighted by Gasteiger charge is -2.18. The maximum absolute atomic E-state index is 12.4. The first-order chi connectivity index (χ1) is 18.6. The number of nitrogen functional groups attached to an aromatic ring is 1. The maximum Gasteiger partial charge on any atom is 0.524 e. The van der Waals surface area contributed by atoms with Gasteiger partial charge in [-0.2, -0.15) is 0 Å². The number of imidazole rings is 1. The predicted octanol–water partition coefficient (Wildman–Crippen LogP) is 6.03. The molecule has 0 spiro atoms. The Morgan fingerprint density at radius 1 is 1.05 bits per heavy atom. The number of nitrogens with zero attached hydrogens (tertiary/aromatic N) is 3. The van der Waals surface area contributed by atoms with Gasteiger partial charge in [0.2, 0.25) is 0 Å². The Hall–Kier alpha value is -3.26. The summed E-state index contributed by atoms with van der Waals surface area (Å²) in [5.41, 5.74) is 10.8. The number of benzene rings is 2. The number of phosphoric acid groups is 1. The Kier molecular flexibility index (Phi) is 9.05. The molecule has 0 radical (unpaired) electrons. The van der Waals surface area contributed by atoms with E-state index >= 15 is 0 Å². The first-order valence-corrected chi connectivity index (χ1v) is 15.1. The Morgan fingerprint density at radius 3 is 2.51 bits per heavy atom. The summed E-state index contributed by atoms with van der Waals surface area (Å²) >= 11 is 0. The number of rotatable bonds is 13. The highest BCUT2D eigenvalue weighted by molar-refractivity contribution is 7.46. The molecule has 2 aromatic heterocycles. The van der Waals surface area contributed by atoms with Gasteiger partial charge in [-0.15, -0.1) is 0 Å². The van der Waals surface area contributed by atoms with Crippen molar-refractivity contribution in [1.29, 1.82) is 0 Å². The monoisotopic (exact) mass is 552 g/mol. The van der Waals surface area contributed by atoms with E-state index in [-0.39, 0.29) is 18.0 Å². The number of hydrogen-bond donors (Lipinski definition) is 3. The summed E-state index contributed by atoms with van der Waals surface area (Å²) in [6.07, 6.45) is 5.62. The van der Waals surface area contributed by atoms with Crippen LogP contribution in [0.25, 0.3) is 21.9 Å². The lowest BCUT2D eigenvalue weighted by Crippen LogP contribution is -2.08. The van der Waals surface area contributed by atoms with E-state index in [4.69, 9.17) is 15.2 Å². The molecule has 4 rings (SSSR count). The molecule has 2 aromatic carbocycles. The minimum absolute atomic E-state index is 0.124. The predicted molar refractivity (Wildman–Crippen MR) is 154 cm³/mol. The van der Waals surface area contributed by atoms with Crippen LogP contribution in [-0.4, -0.2) is 30.1 Å². The van der Waals surface area contributed by atoms with Crippen LogP contribution in [-0.2, 0) is 28.7 Å². The molecule has 0 atom stereocenters. The standard InChI is InChI=1S/C29H37N4O5P/c1-4-6-10-22(34)15-14-21-17-20(16-19(3)28(21)38-39(35,36)37)18-33-25(13-7-5-2)32-26-27(33)23-11-8-9-12-24(23)31-29(26)30/h8-9,11-12,16-17H,4-7,10,13-15,18H2,1-3H3,(H2,30,31)(H2,35,36,37). The van der Waals surface area contributed by atoms with Gasteiger partial charge in [-0.05, 0) is 48.9 Å². The first kappa shape index (κ1) is 28.7. The highest BCUT2D eigenvalue weighted by Gasteiger charge is 2.23. The minimum atomic E-state index is -4.79. The summed E-state index contributed by atoms with van der Waals surface area (Å²) in [5.74, 6) is 1.55. The van der Waals surface area contributed by atoms with E-state index in [1.54, 1.807) is 6.92 Å². The number of unbranched alkanes of at least 4 members (excludes halogenated alkanes) is 2. The third-order valence-corrected chi connectivity index (χ3v) is 7.31. The van der Waals surface area contributed by atoms with Crippen molar-refractivity contribution < 1.29 is 23.7 Å². The first-order valence-electron chi connectivity index (χ1n) is 13.5. The molecular weight excluding hydrogens is 515 g/mol. The summed E-state index contributed by atoms with van der Waals surface area (Å²) in [6.45, 7) is 6.40. The molecule has 2 heterocycles. The van der Waals surface area contributed by atoms with Crippen LogP contribution in [0.5, 0.6) is 5.75 Å². The van der Waals surface area contributed by atoms with Crippen molar-refractivity contribution in [1.82, 2.24) is 14.5 Å². The van der Waals surface area contributed by atoms with E-state index < -0.39 is 7.82 Å². The maximum atomic E-state index is 12.4. The van der Waals surface area contributed by atoms with Gasteiger partial charge < -0.3 is 14.8 Å². The zero-order valence-electron chi connectivity index (χ0n) is 22.8. The number of Topliss-reactive ketones (excluding diaryl/α,β-unsaturated/α-hetero) is 1. The molecule has 0 fully saturated rings. The largest absolute Gasteiger partial charge is 0.524 e. The van der Waals surface area contributed by atoms with Gasteiger partial charge in [0.1, 0.15) is 22.9 Å². The van der Waals surface area contributed by atoms with Crippen LogP contribution >= 0.6 is 7.82 Å². The molecule has 4 aromatic rings. The number of carbonyl (C=O) groups is 1. The molecule has 0 unspecified atom stereocenters. The number of anilines is 1. The number of phosphoric ester groups is 1. The number of hydrogen-bond acceptors (Lipinski definition) is 6. The molecule has 10 heteroatoms. The third-order valence-electron chi connectivity index (χ3n) is 6.89. The Balaban J connectivity index is 1.81. The molecule has 0 amide bonds. The third kappa shape index (κ3) is 6.85. The van der Waals surface area contributed by atoms with Crippen molar-refractivity contribution >= 4 is 41.4 Å². The number of aromatic nitrogens is 3. The number of carbonyl (C=O) groups excluding carboxylic acids is 1. The van der Waals surface area contributed by atoms with Crippen molar-refractivity contribution in [2.45, 2.75) is 78.7 Å². The molecular formula is C29H37N4O5P. The fourth-order valence-corrected chi connectivity index (χ4v) is 5.51. The zero-order valence-corrected chi connectivity index (χ0v) is 23.7. The summed E-state index contributed by atoms with van der Waals surface area (Å²) in [4.78, 5) is 41.0. The average molecular weight is 553 g/mol. The van der Waals surface area contributed by atoms with Crippen LogP contribution in [0.3, 0.4) is 0 Å². The molecule has 0 aliphatic rings. The summed E-state index contributed by atoms with van der Waals surface area (Å²) < 4.78 is 19.0. The molecule has 9 nitrogen and oxygen atoms in total. The second-order valence-electron chi connectivity index (χ2n) is 10.1. The summed E-state index contributed by atoms with van der Waals surface area (Å²) in [5, 5.41) is 0.955. The SMILES string of the molecule is CCCCC(=O)CCc1cc(Cn2c(CCCC)nc3c(N)nc4ccccc4c32)cc(C)c1OP(=O)(O)O. The number of ketones is 1. The molecule has 0 bridgehead atoms. The van der Waals surface area contributed by atoms with E-state index in [1.807, 2.05) is 43.3 Å². The van der Waals surface area contributed by atoms with E-state index in [2.05, 4.69) is 16.5 Å². The quantitative estimate of drug-likeness (QED) is 0.171.